The van der Waals surface area contributed by atoms with Crippen molar-refractivity contribution in [3.05, 3.63) is 29.6 Å². The summed E-state index contributed by atoms with van der Waals surface area (Å²) < 4.78 is 0. The van der Waals surface area contributed by atoms with Gasteiger partial charge in [0.05, 0.1) is 5.69 Å². The van der Waals surface area contributed by atoms with Crippen LogP contribution in [0.1, 0.15) is 44.4 Å². The van der Waals surface area contributed by atoms with E-state index in [0.29, 0.717) is 12.0 Å². The van der Waals surface area contributed by atoms with Gasteiger partial charge in [0.15, 0.2) is 0 Å². The molecule has 0 atom stereocenters. The highest BCUT2D eigenvalue weighted by Gasteiger charge is 2.34. The first-order valence-electron chi connectivity index (χ1n) is 7.07. The van der Waals surface area contributed by atoms with Crippen LogP contribution in [0.25, 0.3) is 0 Å². The third-order valence-corrected chi connectivity index (χ3v) is 4.51. The molecule has 2 N–H and O–H groups in total. The summed E-state index contributed by atoms with van der Waals surface area (Å²) in [5, 5.41) is 0. The van der Waals surface area contributed by atoms with E-state index in [0.717, 1.165) is 12.2 Å². The molecule has 3 heteroatoms. The minimum absolute atomic E-state index is 0.529. The van der Waals surface area contributed by atoms with Crippen LogP contribution >= 0.6 is 0 Å². The molecule has 1 aromatic heterocycles. The smallest absolute Gasteiger partial charge is 0.0542 e. The van der Waals surface area contributed by atoms with Crippen LogP contribution < -0.4 is 5.73 Å². The van der Waals surface area contributed by atoms with Gasteiger partial charge in [0.2, 0.25) is 0 Å². The van der Waals surface area contributed by atoms with Crippen LogP contribution in [0.3, 0.4) is 0 Å². The highest BCUT2D eigenvalue weighted by Crippen LogP contribution is 2.37. The van der Waals surface area contributed by atoms with Gasteiger partial charge in [0, 0.05) is 25.8 Å². The Hall–Kier alpha value is -0.930. The highest BCUT2D eigenvalue weighted by molar-refractivity contribution is 5.16. The number of likely N-dealkylation sites (tertiary alicyclic amines) is 1. The first kappa shape index (κ1) is 13.5. The normalized spacial score (nSPS) is 19.3. The molecule has 3 nitrogen and oxygen atoms in total. The summed E-state index contributed by atoms with van der Waals surface area (Å²) >= 11 is 0. The topological polar surface area (TPSA) is 42.2 Å². The average molecular weight is 247 g/mol. The van der Waals surface area contributed by atoms with Gasteiger partial charge in [-0.1, -0.05) is 13.8 Å². The summed E-state index contributed by atoms with van der Waals surface area (Å²) in [6.45, 7) is 8.68. The average Bonchev–Trinajstić information content (AvgIpc) is 2.83. The molecule has 0 saturated carbocycles. The predicted molar refractivity (Wildman–Crippen MR) is 75.0 cm³/mol. The molecule has 100 valence electrons. The molecule has 0 aliphatic carbocycles. The first-order chi connectivity index (χ1) is 8.71. The van der Waals surface area contributed by atoms with Crippen LogP contribution in [-0.4, -0.2) is 23.0 Å². The lowest BCUT2D eigenvalue weighted by molar-refractivity contribution is 0.236. The molecule has 1 fully saturated rings. The Morgan fingerprint density at radius 3 is 2.78 bits per heavy atom. The molecule has 0 radical (unpaired) electrons. The van der Waals surface area contributed by atoms with Crippen LogP contribution in [0.5, 0.6) is 0 Å². The maximum Gasteiger partial charge on any atom is 0.0542 e. The molecule has 1 aromatic rings. The lowest BCUT2D eigenvalue weighted by Gasteiger charge is -2.26. The zero-order chi connectivity index (χ0) is 13.0. The summed E-state index contributed by atoms with van der Waals surface area (Å²) in [7, 11) is 0. The summed E-state index contributed by atoms with van der Waals surface area (Å²) in [4.78, 5) is 6.82. The van der Waals surface area contributed by atoms with Gasteiger partial charge >= 0.3 is 0 Å². The van der Waals surface area contributed by atoms with Crippen molar-refractivity contribution in [1.29, 1.82) is 0 Å². The van der Waals surface area contributed by atoms with E-state index in [1.807, 2.05) is 6.20 Å². The molecule has 1 aliphatic heterocycles. The molecule has 2 rings (SSSR count). The number of rotatable bonds is 5. The third-order valence-electron chi connectivity index (χ3n) is 4.51. The predicted octanol–water partition coefficient (Wildman–Crippen LogP) is 2.55. The van der Waals surface area contributed by atoms with Gasteiger partial charge in [-0.3, -0.25) is 9.88 Å². The molecule has 18 heavy (non-hydrogen) atoms. The fraction of sp³-hybridized carbons (Fsp3) is 0.667. The second-order valence-electron chi connectivity index (χ2n) is 5.53. The molecule has 0 unspecified atom stereocenters. The lowest BCUT2D eigenvalue weighted by Crippen LogP contribution is -2.26. The van der Waals surface area contributed by atoms with Gasteiger partial charge in [-0.15, -0.1) is 0 Å². The van der Waals surface area contributed by atoms with E-state index < -0.39 is 0 Å². The minimum atomic E-state index is 0.529. The van der Waals surface area contributed by atoms with Crippen molar-refractivity contribution in [2.45, 2.75) is 46.2 Å². The molecule has 1 aliphatic rings. The SMILES string of the molecule is CCC1(CC)CCN(Cc2ccnc(CN)c2)C1. The van der Waals surface area contributed by atoms with E-state index in [1.165, 1.54) is 37.9 Å². The molecule has 0 amide bonds. The number of hydrogen-bond donors (Lipinski definition) is 1. The summed E-state index contributed by atoms with van der Waals surface area (Å²) in [6, 6.07) is 4.24. The van der Waals surface area contributed by atoms with Gasteiger partial charge < -0.3 is 5.73 Å². The van der Waals surface area contributed by atoms with Crippen molar-refractivity contribution in [2.24, 2.45) is 11.1 Å². The van der Waals surface area contributed by atoms with E-state index >= 15 is 0 Å². The Labute approximate surface area is 110 Å². The minimum Gasteiger partial charge on any atom is -0.325 e. The van der Waals surface area contributed by atoms with E-state index in [4.69, 9.17) is 5.73 Å². The zero-order valence-corrected chi connectivity index (χ0v) is 11.7. The van der Waals surface area contributed by atoms with Crippen molar-refractivity contribution < 1.29 is 0 Å². The Kier molecular flexibility index (Phi) is 4.36. The molecular formula is C15H25N3. The van der Waals surface area contributed by atoms with Gasteiger partial charge in [-0.25, -0.2) is 0 Å². The van der Waals surface area contributed by atoms with E-state index in [2.05, 4.69) is 35.9 Å². The molecule has 1 saturated heterocycles. The number of nitrogens with zero attached hydrogens (tertiary/aromatic N) is 2. The van der Waals surface area contributed by atoms with Crippen molar-refractivity contribution in [3.8, 4) is 0 Å². The van der Waals surface area contributed by atoms with Crippen LogP contribution in [0, 0.1) is 5.41 Å². The number of nitrogens with two attached hydrogens (primary N) is 1. The Balaban J connectivity index is 1.98. The van der Waals surface area contributed by atoms with Crippen molar-refractivity contribution >= 4 is 0 Å². The molecule has 2 heterocycles. The Morgan fingerprint density at radius 2 is 2.17 bits per heavy atom. The van der Waals surface area contributed by atoms with Crippen molar-refractivity contribution in [1.82, 2.24) is 9.88 Å². The number of aromatic nitrogens is 1. The summed E-state index contributed by atoms with van der Waals surface area (Å²) in [6.07, 6.45) is 5.81. The second-order valence-corrected chi connectivity index (χ2v) is 5.53. The van der Waals surface area contributed by atoms with Gasteiger partial charge in [-0.2, -0.15) is 0 Å². The van der Waals surface area contributed by atoms with Gasteiger partial charge in [0.1, 0.15) is 0 Å². The molecule has 0 aromatic carbocycles. The molecule has 0 spiro atoms. The van der Waals surface area contributed by atoms with Crippen LogP contribution in [0.15, 0.2) is 18.3 Å². The number of pyridine rings is 1. The monoisotopic (exact) mass is 247 g/mol. The van der Waals surface area contributed by atoms with E-state index in [1.54, 1.807) is 0 Å². The Bertz CT molecular complexity index is 385. The lowest BCUT2D eigenvalue weighted by atomic mass is 9.82. The van der Waals surface area contributed by atoms with E-state index in [-0.39, 0.29) is 0 Å². The van der Waals surface area contributed by atoms with Crippen LogP contribution in [-0.2, 0) is 13.1 Å². The summed E-state index contributed by atoms with van der Waals surface area (Å²) in [5.41, 5.74) is 8.53. The van der Waals surface area contributed by atoms with Gasteiger partial charge in [-0.05, 0) is 48.9 Å². The van der Waals surface area contributed by atoms with Crippen LogP contribution in [0.2, 0.25) is 0 Å². The second kappa shape index (κ2) is 5.81. The van der Waals surface area contributed by atoms with Crippen molar-refractivity contribution in [2.75, 3.05) is 13.1 Å². The fourth-order valence-electron chi connectivity index (χ4n) is 2.99. The highest BCUT2D eigenvalue weighted by atomic mass is 15.2. The summed E-state index contributed by atoms with van der Waals surface area (Å²) in [5.74, 6) is 0. The maximum atomic E-state index is 5.64. The third kappa shape index (κ3) is 2.90. The largest absolute Gasteiger partial charge is 0.325 e. The molecular weight excluding hydrogens is 222 g/mol. The van der Waals surface area contributed by atoms with Crippen molar-refractivity contribution in [3.63, 3.8) is 0 Å². The van der Waals surface area contributed by atoms with Gasteiger partial charge in [0.25, 0.3) is 0 Å². The maximum absolute atomic E-state index is 5.64. The quantitative estimate of drug-likeness (QED) is 0.869. The zero-order valence-electron chi connectivity index (χ0n) is 11.7. The Morgan fingerprint density at radius 1 is 1.39 bits per heavy atom. The number of hydrogen-bond acceptors (Lipinski definition) is 3. The fourth-order valence-corrected chi connectivity index (χ4v) is 2.99. The van der Waals surface area contributed by atoms with E-state index in [9.17, 15) is 0 Å². The van der Waals surface area contributed by atoms with Crippen LogP contribution in [0.4, 0.5) is 0 Å². The standard InChI is InChI=1S/C15H25N3/c1-3-15(4-2)6-8-18(12-15)11-13-5-7-17-14(9-13)10-16/h5,7,9H,3-4,6,8,10-12,16H2,1-2H3. The molecule has 0 bridgehead atoms. The first-order valence-corrected chi connectivity index (χ1v) is 7.07.